The van der Waals surface area contributed by atoms with Gasteiger partial charge in [-0.2, -0.15) is 74.6 Å². The number of ether oxygens (including phenoxy) is 2. The first kappa shape index (κ1) is 31.2. The predicted octanol–water partition coefficient (Wildman–Crippen LogP) is 5.38. The van der Waals surface area contributed by atoms with Crippen molar-refractivity contribution in [3.05, 3.63) is 0 Å². The van der Waals surface area contributed by atoms with Crippen molar-refractivity contribution in [1.29, 1.82) is 0 Å². The summed E-state index contributed by atoms with van der Waals surface area (Å²) in [6, 6.07) is -1.61. The monoisotopic (exact) mass is 537 g/mol. The number of hydrogen-bond donors (Lipinski definition) is 1. The largest absolute Gasteiger partial charge is 0.462 e. The van der Waals surface area contributed by atoms with Crippen molar-refractivity contribution in [2.45, 2.75) is 68.3 Å². The van der Waals surface area contributed by atoms with Gasteiger partial charge in [-0.05, 0) is 13.8 Å². The first-order chi connectivity index (χ1) is 14.0. The quantitative estimate of drug-likeness (QED) is 0.423. The van der Waals surface area contributed by atoms with Crippen molar-refractivity contribution < 1.29 is 88.9 Å². The summed E-state index contributed by atoms with van der Waals surface area (Å²) in [6.45, 7) is 1.43. The molecule has 0 aromatic rings. The second-order valence-electron chi connectivity index (χ2n) is 6.12. The fourth-order valence-corrected chi connectivity index (χ4v) is 1.52. The molecular formula is C12H8F17NO3. The maximum Gasteiger partial charge on any atom is 0.462 e. The van der Waals surface area contributed by atoms with Gasteiger partial charge in [0.1, 0.15) is 0 Å². The van der Waals surface area contributed by atoms with Crippen molar-refractivity contribution in [2.75, 3.05) is 0 Å². The zero-order valence-electron chi connectivity index (χ0n) is 15.2. The van der Waals surface area contributed by atoms with Gasteiger partial charge in [0.2, 0.25) is 0 Å². The third-order valence-electron chi connectivity index (χ3n) is 3.07. The fraction of sp³-hybridized carbons (Fsp3) is 0.917. The Bertz CT molecular complexity index is 712. The Hall–Kier alpha value is -1.80. The number of alkyl halides is 17. The van der Waals surface area contributed by atoms with Crippen LogP contribution in [0.4, 0.5) is 74.6 Å². The molecule has 0 bridgehead atoms. The molecule has 0 aromatic carbocycles. The summed E-state index contributed by atoms with van der Waals surface area (Å²) >= 11 is 0. The smallest absolute Gasteiger partial charge is 0.349 e. The highest BCUT2D eigenvalue weighted by Crippen LogP contribution is 2.56. The maximum atomic E-state index is 14.0. The molecule has 198 valence electrons. The van der Waals surface area contributed by atoms with Gasteiger partial charge in [-0.15, -0.1) is 0 Å². The van der Waals surface area contributed by atoms with E-state index in [-0.39, 0.29) is 0 Å². The molecule has 0 aliphatic heterocycles. The van der Waals surface area contributed by atoms with Crippen molar-refractivity contribution in [2.24, 2.45) is 0 Å². The van der Waals surface area contributed by atoms with Crippen LogP contribution in [-0.2, 0) is 14.3 Å². The first-order valence-electron chi connectivity index (χ1n) is 7.43. The van der Waals surface area contributed by atoms with Crippen LogP contribution in [0, 0.1) is 0 Å². The van der Waals surface area contributed by atoms with Gasteiger partial charge in [-0.25, -0.2) is 0 Å². The highest BCUT2D eigenvalue weighted by atomic mass is 19.4. The molecule has 0 heterocycles. The lowest BCUT2D eigenvalue weighted by Crippen LogP contribution is -2.69. The van der Waals surface area contributed by atoms with Crippen molar-refractivity contribution in [3.8, 4) is 0 Å². The molecule has 0 fully saturated rings. The second-order valence-corrected chi connectivity index (χ2v) is 6.12. The van der Waals surface area contributed by atoms with E-state index in [9.17, 15) is 79.4 Å². The van der Waals surface area contributed by atoms with Gasteiger partial charge < -0.3 is 5.32 Å². The van der Waals surface area contributed by atoms with E-state index in [1.807, 2.05) is 4.74 Å². The zero-order valence-corrected chi connectivity index (χ0v) is 15.2. The van der Waals surface area contributed by atoms with Gasteiger partial charge in [0.05, 0.1) is 0 Å². The molecule has 0 spiro atoms. The molecule has 0 saturated carbocycles. The van der Waals surface area contributed by atoms with Gasteiger partial charge in [0.25, 0.3) is 5.91 Å². The molecule has 0 saturated heterocycles. The lowest BCUT2D eigenvalue weighted by molar-refractivity contribution is -0.548. The Morgan fingerprint density at radius 3 is 1.27 bits per heavy atom. The third-order valence-corrected chi connectivity index (χ3v) is 3.07. The van der Waals surface area contributed by atoms with E-state index in [2.05, 4.69) is 0 Å². The van der Waals surface area contributed by atoms with E-state index in [0.29, 0.717) is 13.8 Å². The number of nitrogens with one attached hydrogen (secondary N) is 1. The van der Waals surface area contributed by atoms with Crippen LogP contribution in [0.15, 0.2) is 0 Å². The van der Waals surface area contributed by atoms with Crippen LogP contribution in [0.5, 0.6) is 0 Å². The van der Waals surface area contributed by atoms with Crippen LogP contribution in [-0.4, -0.2) is 60.3 Å². The molecule has 0 rings (SSSR count). The minimum atomic E-state index is -8.01. The van der Waals surface area contributed by atoms with Gasteiger partial charge >= 0.3 is 48.4 Å². The van der Waals surface area contributed by atoms with Crippen LogP contribution >= 0.6 is 0 Å². The maximum absolute atomic E-state index is 14.0. The SMILES string of the molecule is CC(C)NC(=O)[C@](F)(OC(F)(F)[C@](F)(OC(F)(F)C(F)(F)C(F)(F)F)C(F)(F)F)C(F)(F)F. The predicted molar refractivity (Wildman–Crippen MR) is 66.1 cm³/mol. The van der Waals surface area contributed by atoms with Crippen LogP contribution in [0.1, 0.15) is 13.8 Å². The summed E-state index contributed by atoms with van der Waals surface area (Å²) in [6.07, 6.45) is -38.4. The molecule has 1 N–H and O–H groups in total. The van der Waals surface area contributed by atoms with Crippen molar-refractivity contribution >= 4 is 5.91 Å². The van der Waals surface area contributed by atoms with E-state index in [1.54, 1.807) is 0 Å². The fourth-order valence-electron chi connectivity index (χ4n) is 1.52. The average molecular weight is 537 g/mol. The highest BCUT2D eigenvalue weighted by molar-refractivity contribution is 5.84. The second kappa shape index (κ2) is 8.45. The standard InChI is InChI=1S/C12H8F17NO3/c1-3(2)30-4(31)5(13,8(17,18)19)32-12(28,29)7(16,10(23,24)25)33-11(26,27)6(14,15)9(20,21)22/h3H,1-2H3,(H,30,31)/t5-,7+/m0/s1. The number of hydrogen-bond acceptors (Lipinski definition) is 3. The molecule has 0 aliphatic carbocycles. The molecule has 4 nitrogen and oxygen atoms in total. The summed E-state index contributed by atoms with van der Waals surface area (Å²) in [7, 11) is 0. The molecule has 2 atom stereocenters. The number of halogens is 17. The Morgan fingerprint density at radius 1 is 0.606 bits per heavy atom. The minimum Gasteiger partial charge on any atom is -0.349 e. The van der Waals surface area contributed by atoms with Gasteiger partial charge in [-0.3, -0.25) is 14.3 Å². The van der Waals surface area contributed by atoms with Crippen molar-refractivity contribution in [1.82, 2.24) is 5.32 Å². The Labute approximate surface area is 170 Å². The topological polar surface area (TPSA) is 47.6 Å². The average Bonchev–Trinajstić information content (AvgIpc) is 2.49. The van der Waals surface area contributed by atoms with E-state index < -0.39 is 60.3 Å². The van der Waals surface area contributed by atoms with Crippen LogP contribution in [0.3, 0.4) is 0 Å². The number of carbonyl (C=O) groups is 1. The van der Waals surface area contributed by atoms with E-state index in [4.69, 9.17) is 0 Å². The minimum absolute atomic E-state index is 0.713. The summed E-state index contributed by atoms with van der Waals surface area (Å²) < 4.78 is 222. The summed E-state index contributed by atoms with van der Waals surface area (Å²) in [5.41, 5.74) is 0. The van der Waals surface area contributed by atoms with E-state index in [1.165, 1.54) is 4.74 Å². The Balaban J connectivity index is 6.73. The van der Waals surface area contributed by atoms with Crippen LogP contribution in [0.2, 0.25) is 0 Å². The van der Waals surface area contributed by atoms with E-state index >= 15 is 0 Å². The van der Waals surface area contributed by atoms with Gasteiger partial charge in [-0.1, -0.05) is 0 Å². The molecule has 0 radical (unpaired) electrons. The number of rotatable bonds is 8. The lowest BCUT2D eigenvalue weighted by atomic mass is 10.2. The first-order valence-corrected chi connectivity index (χ1v) is 7.43. The Morgan fingerprint density at radius 2 is 1.00 bits per heavy atom. The van der Waals surface area contributed by atoms with E-state index in [0.717, 1.165) is 5.32 Å². The number of carbonyl (C=O) groups excluding carboxylic acids is 1. The molecular weight excluding hydrogens is 529 g/mol. The number of amides is 1. The van der Waals surface area contributed by atoms with Gasteiger partial charge in [0, 0.05) is 6.04 Å². The van der Waals surface area contributed by atoms with Crippen LogP contribution < -0.4 is 5.32 Å². The van der Waals surface area contributed by atoms with Crippen molar-refractivity contribution in [3.63, 3.8) is 0 Å². The normalized spacial score (nSPS) is 18.7. The molecule has 33 heavy (non-hydrogen) atoms. The van der Waals surface area contributed by atoms with Gasteiger partial charge in [0.15, 0.2) is 0 Å². The molecule has 0 unspecified atom stereocenters. The molecule has 0 aromatic heterocycles. The zero-order chi connectivity index (χ0) is 27.3. The summed E-state index contributed by atoms with van der Waals surface area (Å²) in [5.74, 6) is -26.0. The van der Waals surface area contributed by atoms with Crippen LogP contribution in [0.25, 0.3) is 0 Å². The summed E-state index contributed by atoms with van der Waals surface area (Å²) in [5, 5.41) is 0.841. The molecule has 21 heteroatoms. The third kappa shape index (κ3) is 5.65. The lowest BCUT2D eigenvalue weighted by Gasteiger charge is -2.40. The highest BCUT2D eigenvalue weighted by Gasteiger charge is 2.85. The molecule has 1 amide bonds. The Kier molecular flexibility index (Phi) is 7.99. The summed E-state index contributed by atoms with van der Waals surface area (Å²) in [4.78, 5) is 11.2. The molecule has 0 aliphatic rings.